The van der Waals surface area contributed by atoms with E-state index in [-0.39, 0.29) is 52.5 Å². The third-order valence-corrected chi connectivity index (χ3v) is 9.06. The first kappa shape index (κ1) is 27.8. The van der Waals surface area contributed by atoms with Gasteiger partial charge in [-0.1, -0.05) is 81.7 Å². The molecule has 2 aliphatic carbocycles. The van der Waals surface area contributed by atoms with Crippen LogP contribution >= 0.6 is 0 Å². The third kappa shape index (κ3) is 5.07. The number of ketones is 3. The largest absolute Gasteiger partial charge is 0.299 e. The van der Waals surface area contributed by atoms with E-state index in [1.54, 1.807) is 0 Å². The average Bonchev–Trinajstić information content (AvgIpc) is 2.74. The Bertz CT molecular complexity index is 1020. The van der Waals surface area contributed by atoms with E-state index in [0.29, 0.717) is 5.78 Å². The number of fused-ring (bicyclic) bond motifs is 3. The van der Waals surface area contributed by atoms with Crippen LogP contribution < -0.4 is 0 Å². The summed E-state index contributed by atoms with van der Waals surface area (Å²) < 4.78 is 0. The molecule has 0 aromatic heterocycles. The highest BCUT2D eigenvalue weighted by molar-refractivity contribution is 6.00. The normalized spacial score (nSPS) is 26.8. The molecule has 0 N–H and O–H groups in total. The van der Waals surface area contributed by atoms with Crippen molar-refractivity contribution in [3.8, 4) is 0 Å². The summed E-state index contributed by atoms with van der Waals surface area (Å²) in [5.74, 6) is 1.09. The molecule has 1 aromatic carbocycles. The van der Waals surface area contributed by atoms with Gasteiger partial charge in [0.25, 0.3) is 0 Å². The van der Waals surface area contributed by atoms with Gasteiger partial charge < -0.3 is 0 Å². The molecule has 0 radical (unpaired) electrons. The van der Waals surface area contributed by atoms with Crippen LogP contribution in [0.1, 0.15) is 141 Å². The molecule has 3 rings (SSSR count). The molecule has 0 bridgehead atoms. The monoisotopic (exact) mass is 480 g/mol. The van der Waals surface area contributed by atoms with Gasteiger partial charge in [0, 0.05) is 34.7 Å². The van der Waals surface area contributed by atoms with Crippen LogP contribution in [0, 0.1) is 22.2 Å². The van der Waals surface area contributed by atoms with E-state index >= 15 is 0 Å². The summed E-state index contributed by atoms with van der Waals surface area (Å²) >= 11 is 0. The molecule has 3 unspecified atom stereocenters. The Labute approximate surface area is 213 Å². The van der Waals surface area contributed by atoms with E-state index in [1.807, 2.05) is 41.5 Å². The van der Waals surface area contributed by atoms with Crippen LogP contribution in [0.2, 0.25) is 0 Å². The number of Topliss-reactive ketones (excluding diaryl/α,β-unsaturated/α-hetero) is 3. The Morgan fingerprint density at radius 3 is 2.11 bits per heavy atom. The second-order valence-corrected chi connectivity index (χ2v) is 14.2. The van der Waals surface area contributed by atoms with Gasteiger partial charge in [-0.05, 0) is 65.7 Å². The Morgan fingerprint density at radius 2 is 1.57 bits per heavy atom. The van der Waals surface area contributed by atoms with Gasteiger partial charge >= 0.3 is 0 Å². The standard InChI is InChI=1S/C32H48O3/c1-20(2)22-18-21-12-14-26-31(9,16-11-17-32(26,10)28(35)30(6,7)8)24(21)19-23(22)25(33)13-15-27(34)29(3,4)5/h18-20,26H,11-17H2,1-10H3. The SMILES string of the molecule is CC(C)c1cc2c(cc1C(=O)CCC(=O)C(C)(C)C)C1(C)CCCC(C)(C(=O)C(C)(C)C)C1CC2. The molecule has 0 amide bonds. The van der Waals surface area contributed by atoms with E-state index in [2.05, 4.69) is 39.8 Å². The van der Waals surface area contributed by atoms with Gasteiger partial charge in [0.2, 0.25) is 0 Å². The molecule has 3 heteroatoms. The zero-order valence-electron chi connectivity index (χ0n) is 24.0. The predicted molar refractivity (Wildman–Crippen MR) is 144 cm³/mol. The maximum atomic E-state index is 13.7. The fourth-order valence-electron chi connectivity index (χ4n) is 7.12. The van der Waals surface area contributed by atoms with Crippen LogP contribution in [0.3, 0.4) is 0 Å². The van der Waals surface area contributed by atoms with Crippen molar-refractivity contribution < 1.29 is 14.4 Å². The van der Waals surface area contributed by atoms with Gasteiger partial charge in [-0.3, -0.25) is 14.4 Å². The fourth-order valence-corrected chi connectivity index (χ4v) is 7.12. The van der Waals surface area contributed by atoms with Crippen LogP contribution in [0.4, 0.5) is 0 Å². The summed E-state index contributed by atoms with van der Waals surface area (Å²) in [4.78, 5) is 39.7. The Morgan fingerprint density at radius 1 is 0.943 bits per heavy atom. The lowest BCUT2D eigenvalue weighted by Crippen LogP contribution is -2.54. The molecule has 0 heterocycles. The average molecular weight is 481 g/mol. The van der Waals surface area contributed by atoms with Crippen molar-refractivity contribution in [3.05, 3.63) is 34.4 Å². The van der Waals surface area contributed by atoms with Gasteiger partial charge in [0.05, 0.1) is 0 Å². The smallest absolute Gasteiger partial charge is 0.163 e. The van der Waals surface area contributed by atoms with Crippen molar-refractivity contribution in [1.29, 1.82) is 0 Å². The molecule has 1 fully saturated rings. The number of rotatable bonds is 6. The maximum absolute atomic E-state index is 13.7. The Hall–Kier alpha value is -1.77. The van der Waals surface area contributed by atoms with Crippen molar-refractivity contribution >= 4 is 17.3 Å². The maximum Gasteiger partial charge on any atom is 0.163 e. The molecule has 3 nitrogen and oxygen atoms in total. The number of carbonyl (C=O) groups is 3. The summed E-state index contributed by atoms with van der Waals surface area (Å²) in [6.07, 6.45) is 5.55. The minimum absolute atomic E-state index is 0.0733. The molecule has 35 heavy (non-hydrogen) atoms. The van der Waals surface area contributed by atoms with Crippen molar-refractivity contribution in [2.24, 2.45) is 22.2 Å². The van der Waals surface area contributed by atoms with E-state index in [9.17, 15) is 14.4 Å². The number of carbonyl (C=O) groups excluding carboxylic acids is 3. The van der Waals surface area contributed by atoms with E-state index in [4.69, 9.17) is 0 Å². The lowest BCUT2D eigenvalue weighted by Gasteiger charge is -2.56. The molecule has 2 aliphatic rings. The van der Waals surface area contributed by atoms with Crippen LogP contribution in [-0.4, -0.2) is 17.3 Å². The first-order valence-electron chi connectivity index (χ1n) is 13.7. The molecular formula is C32H48O3. The second kappa shape index (κ2) is 9.27. The lowest BCUT2D eigenvalue weighted by molar-refractivity contribution is -0.144. The first-order chi connectivity index (χ1) is 15.9. The van der Waals surface area contributed by atoms with Gasteiger partial charge in [-0.25, -0.2) is 0 Å². The molecular weight excluding hydrogens is 432 g/mol. The fraction of sp³-hybridized carbons (Fsp3) is 0.719. The quantitative estimate of drug-likeness (QED) is 0.387. The van der Waals surface area contributed by atoms with Gasteiger partial charge in [0.15, 0.2) is 5.78 Å². The van der Waals surface area contributed by atoms with E-state index < -0.39 is 5.41 Å². The summed E-state index contributed by atoms with van der Waals surface area (Å²) in [6.45, 7) is 20.7. The number of benzene rings is 1. The van der Waals surface area contributed by atoms with Gasteiger partial charge in [-0.15, -0.1) is 0 Å². The summed E-state index contributed by atoms with van der Waals surface area (Å²) in [7, 11) is 0. The molecule has 1 aromatic rings. The van der Waals surface area contributed by atoms with Gasteiger partial charge in [0.1, 0.15) is 11.6 Å². The zero-order valence-corrected chi connectivity index (χ0v) is 24.0. The first-order valence-corrected chi connectivity index (χ1v) is 13.7. The van der Waals surface area contributed by atoms with Crippen molar-refractivity contribution in [3.63, 3.8) is 0 Å². The van der Waals surface area contributed by atoms with Crippen LogP contribution in [0.5, 0.6) is 0 Å². The van der Waals surface area contributed by atoms with Crippen molar-refractivity contribution in [2.75, 3.05) is 0 Å². The summed E-state index contributed by atoms with van der Waals surface area (Å²) in [5, 5.41) is 0. The van der Waals surface area contributed by atoms with E-state index in [1.165, 1.54) is 11.1 Å². The topological polar surface area (TPSA) is 51.2 Å². The molecule has 194 valence electrons. The predicted octanol–water partition coefficient (Wildman–Crippen LogP) is 8.01. The molecule has 1 saturated carbocycles. The highest BCUT2D eigenvalue weighted by Crippen LogP contribution is 2.59. The zero-order chi connectivity index (χ0) is 26.6. The summed E-state index contributed by atoms with van der Waals surface area (Å²) in [6, 6.07) is 4.45. The number of hydrogen-bond acceptors (Lipinski definition) is 3. The molecule has 0 aliphatic heterocycles. The second-order valence-electron chi connectivity index (χ2n) is 14.2. The number of aryl methyl sites for hydroxylation is 1. The summed E-state index contributed by atoms with van der Waals surface area (Å²) in [5.41, 5.74) is 3.26. The number of hydrogen-bond donors (Lipinski definition) is 0. The highest BCUT2D eigenvalue weighted by atomic mass is 16.1. The third-order valence-electron chi connectivity index (χ3n) is 9.06. The minimum Gasteiger partial charge on any atom is -0.299 e. The van der Waals surface area contributed by atoms with Gasteiger partial charge in [-0.2, -0.15) is 0 Å². The van der Waals surface area contributed by atoms with Crippen LogP contribution in [-0.2, 0) is 21.4 Å². The van der Waals surface area contributed by atoms with Crippen molar-refractivity contribution in [1.82, 2.24) is 0 Å². The lowest BCUT2D eigenvalue weighted by atomic mass is 9.47. The van der Waals surface area contributed by atoms with E-state index in [0.717, 1.165) is 43.2 Å². The van der Waals surface area contributed by atoms with Crippen LogP contribution in [0.15, 0.2) is 12.1 Å². The minimum atomic E-state index is -0.427. The molecule has 3 atom stereocenters. The highest BCUT2D eigenvalue weighted by Gasteiger charge is 2.56. The van der Waals surface area contributed by atoms with Crippen molar-refractivity contribution in [2.45, 2.75) is 126 Å². The molecule has 0 saturated heterocycles. The Kier molecular flexibility index (Phi) is 7.37. The van der Waals surface area contributed by atoms with Crippen LogP contribution in [0.25, 0.3) is 0 Å². The Balaban J connectivity index is 2.05. The molecule has 0 spiro atoms.